The first-order valence-electron chi connectivity index (χ1n) is 14.8. The molecule has 1 spiro atoms. The van der Waals surface area contributed by atoms with Gasteiger partial charge < -0.3 is 36.1 Å². The minimum Gasteiger partial charge on any atom is -0.504 e. The van der Waals surface area contributed by atoms with Gasteiger partial charge in [-0.05, 0) is 75.1 Å². The molecule has 1 aliphatic heterocycles. The van der Waals surface area contributed by atoms with Crippen LogP contribution >= 0.6 is 0 Å². The lowest BCUT2D eigenvalue weighted by atomic mass is 9.86. The van der Waals surface area contributed by atoms with Gasteiger partial charge in [0.1, 0.15) is 12.2 Å². The molecule has 0 amide bonds. The molecular weight excluding hydrogens is 496 g/mol. The van der Waals surface area contributed by atoms with Crippen molar-refractivity contribution in [2.75, 3.05) is 20.1 Å². The molecule has 1 aromatic carbocycles. The van der Waals surface area contributed by atoms with Crippen molar-refractivity contribution in [2.24, 2.45) is 16.6 Å². The lowest BCUT2D eigenvalue weighted by molar-refractivity contribution is -0.148. The third-order valence-corrected chi connectivity index (χ3v) is 8.38. The quantitative estimate of drug-likeness (QED) is 0.135. The molecule has 0 bridgehead atoms. The standard InChI is InChI=1S/C30H50N4O5/c1-4-22(20-33-29(31)32-3)7-10-24(36)18-25(38-21(2)35)11-8-23-9-12-27(37)28(17-23)39-26-13-16-34-30(19-26)14-5-6-15-30/h9,12,17,22,24-26,34,36-37H,4-8,10-11,13-16,18-20H2,1-3H3,(H3,31,32,33)/t22-,24+,25-,26+/m1/s1. The summed E-state index contributed by atoms with van der Waals surface area (Å²) in [6.07, 6.45) is 9.99. The monoisotopic (exact) mass is 546 g/mol. The molecule has 1 aliphatic carbocycles. The Morgan fingerprint density at radius 3 is 2.74 bits per heavy atom. The van der Waals surface area contributed by atoms with E-state index >= 15 is 0 Å². The van der Waals surface area contributed by atoms with Crippen molar-refractivity contribution in [2.45, 2.75) is 115 Å². The Balaban J connectivity index is 1.52. The van der Waals surface area contributed by atoms with Crippen molar-refractivity contribution >= 4 is 11.9 Å². The number of esters is 1. The number of rotatable bonds is 14. The van der Waals surface area contributed by atoms with Gasteiger partial charge in [-0.1, -0.05) is 32.3 Å². The van der Waals surface area contributed by atoms with Crippen LogP contribution in [0.1, 0.15) is 90.0 Å². The lowest BCUT2D eigenvalue weighted by Crippen LogP contribution is -2.51. The highest BCUT2D eigenvalue weighted by molar-refractivity contribution is 5.77. The number of aryl methyl sites for hydroxylation is 1. The van der Waals surface area contributed by atoms with Gasteiger partial charge in [-0.15, -0.1) is 0 Å². The number of nitrogens with two attached hydrogens (primary N) is 1. The van der Waals surface area contributed by atoms with Gasteiger partial charge in [0.05, 0.1) is 6.10 Å². The van der Waals surface area contributed by atoms with Crippen molar-refractivity contribution in [1.82, 2.24) is 10.6 Å². The molecule has 1 saturated heterocycles. The molecule has 220 valence electrons. The number of hydrogen-bond acceptors (Lipinski definition) is 7. The van der Waals surface area contributed by atoms with Gasteiger partial charge in [-0.2, -0.15) is 0 Å². The van der Waals surface area contributed by atoms with Crippen LogP contribution in [0, 0.1) is 5.92 Å². The Bertz CT molecular complexity index is 934. The van der Waals surface area contributed by atoms with Gasteiger partial charge >= 0.3 is 5.97 Å². The van der Waals surface area contributed by atoms with E-state index in [-0.39, 0.29) is 29.5 Å². The highest BCUT2D eigenvalue weighted by Crippen LogP contribution is 2.38. The summed E-state index contributed by atoms with van der Waals surface area (Å²) in [6.45, 7) is 5.17. The maximum atomic E-state index is 11.8. The SMILES string of the molecule is CC[C@H](CC[C@H](O)C[C@@H](CCc1ccc(O)c(O[C@H]2CCNC3(CCCC3)C2)c1)OC(C)=O)CNC(N)=NC. The first-order chi connectivity index (χ1) is 18.7. The smallest absolute Gasteiger partial charge is 0.302 e. The number of aliphatic hydroxyl groups is 1. The van der Waals surface area contributed by atoms with Gasteiger partial charge in [-0.3, -0.25) is 9.79 Å². The number of phenolic OH excluding ortho intramolecular Hbond substituents is 1. The molecule has 2 fully saturated rings. The largest absolute Gasteiger partial charge is 0.504 e. The van der Waals surface area contributed by atoms with E-state index in [2.05, 4.69) is 22.5 Å². The number of phenols is 1. The predicted octanol–water partition coefficient (Wildman–Crippen LogP) is 3.79. The molecular formula is C30H50N4O5. The summed E-state index contributed by atoms with van der Waals surface area (Å²) in [5, 5.41) is 28.0. The minimum absolute atomic E-state index is 0.0855. The Kier molecular flexibility index (Phi) is 12.2. The normalized spacial score (nSPS) is 21.3. The average molecular weight is 547 g/mol. The molecule has 1 saturated carbocycles. The van der Waals surface area contributed by atoms with Crippen molar-refractivity contribution in [3.05, 3.63) is 23.8 Å². The fourth-order valence-electron chi connectivity index (χ4n) is 6.04. The van der Waals surface area contributed by atoms with Crippen LogP contribution in [0.2, 0.25) is 0 Å². The molecule has 39 heavy (non-hydrogen) atoms. The van der Waals surface area contributed by atoms with Crippen LogP contribution in [0.15, 0.2) is 23.2 Å². The number of hydrogen-bond donors (Lipinski definition) is 5. The lowest BCUT2D eigenvalue weighted by Gasteiger charge is -2.39. The summed E-state index contributed by atoms with van der Waals surface area (Å²) in [7, 11) is 1.65. The summed E-state index contributed by atoms with van der Waals surface area (Å²) in [6, 6.07) is 5.47. The number of guanidine groups is 1. The van der Waals surface area contributed by atoms with E-state index < -0.39 is 6.10 Å². The van der Waals surface area contributed by atoms with E-state index in [1.807, 2.05) is 12.1 Å². The number of aliphatic imine (C=N–C) groups is 1. The number of aromatic hydroxyl groups is 1. The number of carbonyl (C=O) groups is 1. The van der Waals surface area contributed by atoms with E-state index in [4.69, 9.17) is 15.2 Å². The molecule has 0 radical (unpaired) electrons. The summed E-state index contributed by atoms with van der Waals surface area (Å²) in [4.78, 5) is 15.7. The Hall–Kier alpha value is -2.52. The molecule has 1 heterocycles. The number of aliphatic hydroxyl groups excluding tert-OH is 1. The molecule has 9 heteroatoms. The van der Waals surface area contributed by atoms with Crippen LogP contribution in [0.25, 0.3) is 0 Å². The Labute approximate surface area is 233 Å². The fraction of sp³-hybridized carbons (Fsp3) is 0.733. The van der Waals surface area contributed by atoms with Crippen molar-refractivity contribution < 1.29 is 24.5 Å². The number of carbonyl (C=O) groups excluding carboxylic acids is 1. The Morgan fingerprint density at radius 1 is 1.28 bits per heavy atom. The molecule has 4 atom stereocenters. The second-order valence-corrected chi connectivity index (χ2v) is 11.4. The molecule has 1 aromatic rings. The van der Waals surface area contributed by atoms with Gasteiger partial charge in [0, 0.05) is 38.9 Å². The van der Waals surface area contributed by atoms with Crippen LogP contribution in [-0.2, 0) is 16.0 Å². The third-order valence-electron chi connectivity index (χ3n) is 8.38. The summed E-state index contributed by atoms with van der Waals surface area (Å²) < 4.78 is 11.9. The third kappa shape index (κ3) is 10.2. The maximum absolute atomic E-state index is 11.8. The highest BCUT2D eigenvalue weighted by Gasteiger charge is 2.39. The number of nitrogens with zero attached hydrogens (tertiary/aromatic N) is 1. The van der Waals surface area contributed by atoms with Crippen LogP contribution in [0.4, 0.5) is 0 Å². The van der Waals surface area contributed by atoms with Gasteiger partial charge in [0.25, 0.3) is 0 Å². The molecule has 3 rings (SSSR count). The Morgan fingerprint density at radius 2 is 2.05 bits per heavy atom. The van der Waals surface area contributed by atoms with Crippen LogP contribution in [0.5, 0.6) is 11.5 Å². The van der Waals surface area contributed by atoms with Crippen LogP contribution < -0.4 is 21.1 Å². The molecule has 0 unspecified atom stereocenters. The van der Waals surface area contributed by atoms with Crippen LogP contribution in [0.3, 0.4) is 0 Å². The first-order valence-corrected chi connectivity index (χ1v) is 14.8. The number of benzene rings is 1. The molecule has 0 aromatic heterocycles. The van der Waals surface area contributed by atoms with Crippen molar-refractivity contribution in [3.63, 3.8) is 0 Å². The van der Waals surface area contributed by atoms with Crippen molar-refractivity contribution in [1.29, 1.82) is 0 Å². The molecule has 6 N–H and O–H groups in total. The zero-order chi connectivity index (χ0) is 28.3. The number of nitrogens with one attached hydrogen (secondary N) is 2. The predicted molar refractivity (Wildman–Crippen MR) is 154 cm³/mol. The van der Waals surface area contributed by atoms with E-state index in [1.165, 1.54) is 32.6 Å². The summed E-state index contributed by atoms with van der Waals surface area (Å²) in [5.41, 5.74) is 6.93. The number of ether oxygens (including phenoxy) is 2. The van der Waals surface area contributed by atoms with Gasteiger partial charge in [0.2, 0.25) is 0 Å². The topological polar surface area (TPSA) is 138 Å². The van der Waals surface area contributed by atoms with E-state index in [9.17, 15) is 15.0 Å². The maximum Gasteiger partial charge on any atom is 0.302 e. The average Bonchev–Trinajstić information content (AvgIpc) is 3.35. The van der Waals surface area contributed by atoms with Gasteiger partial charge in [-0.25, -0.2) is 0 Å². The second kappa shape index (κ2) is 15.3. The zero-order valence-corrected chi connectivity index (χ0v) is 24.1. The van der Waals surface area contributed by atoms with Crippen molar-refractivity contribution in [3.8, 4) is 11.5 Å². The molecule has 9 nitrogen and oxygen atoms in total. The first kappa shape index (κ1) is 31.0. The second-order valence-electron chi connectivity index (χ2n) is 11.4. The summed E-state index contributed by atoms with van der Waals surface area (Å²) in [5.74, 6) is 1.10. The van der Waals surface area contributed by atoms with E-state index in [0.717, 1.165) is 37.8 Å². The van der Waals surface area contributed by atoms with Gasteiger partial charge in [0.15, 0.2) is 17.5 Å². The highest BCUT2D eigenvalue weighted by atomic mass is 16.5. The number of piperidine rings is 1. The zero-order valence-electron chi connectivity index (χ0n) is 24.1. The fourth-order valence-corrected chi connectivity index (χ4v) is 6.04. The van der Waals surface area contributed by atoms with Crippen LogP contribution in [-0.4, -0.2) is 66.1 Å². The minimum atomic E-state index is -0.567. The van der Waals surface area contributed by atoms with E-state index in [1.54, 1.807) is 13.1 Å². The summed E-state index contributed by atoms with van der Waals surface area (Å²) >= 11 is 0. The molecule has 2 aliphatic rings. The van der Waals surface area contributed by atoms with E-state index in [0.29, 0.717) is 49.9 Å².